The zero-order chi connectivity index (χ0) is 28.6. The molecule has 0 saturated carbocycles. The van der Waals surface area contributed by atoms with Crippen LogP contribution in [0.1, 0.15) is 24.1 Å². The summed E-state index contributed by atoms with van der Waals surface area (Å²) in [7, 11) is 1.37. The van der Waals surface area contributed by atoms with Crippen molar-refractivity contribution in [3.8, 4) is 0 Å². The van der Waals surface area contributed by atoms with E-state index >= 15 is 0 Å². The first-order valence-electron chi connectivity index (χ1n) is 12.8. The summed E-state index contributed by atoms with van der Waals surface area (Å²) in [4.78, 5) is 73.5. The SMILES string of the molecule is CNC(=O)[C@H](CO)NC(=O)[C@H](Cc1c[nH]c2ccccc12)NC(=O)[C@H](Cc1cnc[nH]1)NC(=O)[C@@H]1CCC(=O)N1. The van der Waals surface area contributed by atoms with E-state index in [9.17, 15) is 29.1 Å². The number of hydrogen-bond acceptors (Lipinski definition) is 7. The number of likely N-dealkylation sites (N-methyl/N-ethyl adjacent to an activating group) is 1. The molecule has 212 valence electrons. The van der Waals surface area contributed by atoms with Gasteiger partial charge in [-0.3, -0.25) is 24.0 Å². The molecule has 1 fully saturated rings. The highest BCUT2D eigenvalue weighted by atomic mass is 16.3. The van der Waals surface area contributed by atoms with E-state index in [0.29, 0.717) is 12.1 Å². The molecule has 1 aliphatic rings. The van der Waals surface area contributed by atoms with Crippen molar-refractivity contribution in [3.05, 3.63) is 54.2 Å². The lowest BCUT2D eigenvalue weighted by molar-refractivity contribution is -0.134. The van der Waals surface area contributed by atoms with Crippen LogP contribution in [-0.2, 0) is 36.8 Å². The number of imidazole rings is 1. The minimum Gasteiger partial charge on any atom is -0.394 e. The summed E-state index contributed by atoms with van der Waals surface area (Å²) in [6.45, 7) is -0.648. The lowest BCUT2D eigenvalue weighted by atomic mass is 10.0. The number of nitrogens with one attached hydrogen (secondary N) is 7. The van der Waals surface area contributed by atoms with Crippen molar-refractivity contribution in [2.24, 2.45) is 0 Å². The molecule has 0 spiro atoms. The van der Waals surface area contributed by atoms with Gasteiger partial charge in [0.15, 0.2) is 0 Å². The summed E-state index contributed by atoms with van der Waals surface area (Å²) >= 11 is 0. The van der Waals surface area contributed by atoms with Gasteiger partial charge in [0.2, 0.25) is 29.5 Å². The van der Waals surface area contributed by atoms with Crippen LogP contribution in [0.2, 0.25) is 0 Å². The third-order valence-corrected chi connectivity index (χ3v) is 6.72. The van der Waals surface area contributed by atoms with E-state index in [0.717, 1.165) is 16.5 Å². The maximum absolute atomic E-state index is 13.6. The van der Waals surface area contributed by atoms with Gasteiger partial charge >= 0.3 is 0 Å². The van der Waals surface area contributed by atoms with Gasteiger partial charge in [-0.15, -0.1) is 0 Å². The number of carbonyl (C=O) groups excluding carboxylic acids is 5. The number of fused-ring (bicyclic) bond motifs is 1. The average Bonchev–Trinajstić information content (AvgIpc) is 3.72. The molecule has 1 aliphatic heterocycles. The van der Waals surface area contributed by atoms with Crippen LogP contribution in [0.3, 0.4) is 0 Å². The Bertz CT molecular complexity index is 1370. The third-order valence-electron chi connectivity index (χ3n) is 6.72. The molecule has 4 rings (SSSR count). The Kier molecular flexibility index (Phi) is 9.11. The van der Waals surface area contributed by atoms with Gasteiger partial charge in [-0.25, -0.2) is 4.98 Å². The minimum absolute atomic E-state index is 0.0389. The van der Waals surface area contributed by atoms with Crippen LogP contribution >= 0.6 is 0 Å². The van der Waals surface area contributed by atoms with Gasteiger partial charge in [0.05, 0.1) is 12.9 Å². The predicted molar refractivity (Wildman–Crippen MR) is 142 cm³/mol. The molecule has 2 aromatic heterocycles. The topological polar surface area (TPSA) is 210 Å². The highest BCUT2D eigenvalue weighted by molar-refractivity contribution is 5.97. The van der Waals surface area contributed by atoms with Gasteiger partial charge in [-0.05, 0) is 18.1 Å². The smallest absolute Gasteiger partial charge is 0.244 e. The zero-order valence-corrected chi connectivity index (χ0v) is 21.8. The Morgan fingerprint density at radius 2 is 1.73 bits per heavy atom. The Morgan fingerprint density at radius 1 is 1.00 bits per heavy atom. The molecule has 4 atom stereocenters. The molecule has 5 amide bonds. The molecule has 8 N–H and O–H groups in total. The fraction of sp³-hybridized carbons (Fsp3) is 0.385. The number of aromatic nitrogens is 3. The molecular formula is C26H32N8O6. The molecule has 0 radical (unpaired) electrons. The minimum atomic E-state index is -1.23. The molecule has 14 heteroatoms. The number of carbonyl (C=O) groups is 5. The van der Waals surface area contributed by atoms with Gasteiger partial charge in [0, 0.05) is 55.3 Å². The fourth-order valence-electron chi connectivity index (χ4n) is 4.55. The molecule has 0 aliphatic carbocycles. The second kappa shape index (κ2) is 12.9. The molecule has 1 saturated heterocycles. The van der Waals surface area contributed by atoms with E-state index < -0.39 is 54.4 Å². The highest BCUT2D eigenvalue weighted by Gasteiger charge is 2.33. The molecule has 3 heterocycles. The van der Waals surface area contributed by atoms with Crippen molar-refractivity contribution in [1.82, 2.24) is 41.5 Å². The van der Waals surface area contributed by atoms with Crippen molar-refractivity contribution >= 4 is 40.4 Å². The van der Waals surface area contributed by atoms with E-state index in [1.54, 1.807) is 6.20 Å². The lowest BCUT2D eigenvalue weighted by Crippen LogP contribution is -2.59. The second-order valence-corrected chi connectivity index (χ2v) is 9.48. The van der Waals surface area contributed by atoms with Crippen LogP contribution in [0.25, 0.3) is 10.9 Å². The van der Waals surface area contributed by atoms with E-state index in [-0.39, 0.29) is 25.2 Å². The first kappa shape index (κ1) is 28.3. The summed E-state index contributed by atoms with van der Waals surface area (Å²) in [6, 6.07) is 3.17. The van der Waals surface area contributed by atoms with Crippen molar-refractivity contribution < 1.29 is 29.1 Å². The number of hydrogen-bond donors (Lipinski definition) is 8. The maximum Gasteiger partial charge on any atom is 0.244 e. The number of H-pyrrole nitrogens is 2. The van der Waals surface area contributed by atoms with Gasteiger partial charge in [-0.2, -0.15) is 0 Å². The molecule has 1 aromatic carbocycles. The third kappa shape index (κ3) is 6.83. The predicted octanol–water partition coefficient (Wildman–Crippen LogP) is -1.85. The van der Waals surface area contributed by atoms with Crippen LogP contribution in [-0.4, -0.2) is 87.4 Å². The molecule has 14 nitrogen and oxygen atoms in total. The Balaban J connectivity index is 1.57. The zero-order valence-electron chi connectivity index (χ0n) is 21.8. The van der Waals surface area contributed by atoms with Crippen LogP contribution < -0.4 is 26.6 Å². The fourth-order valence-corrected chi connectivity index (χ4v) is 4.55. The number of para-hydroxylation sites is 1. The van der Waals surface area contributed by atoms with Crippen molar-refractivity contribution in [3.63, 3.8) is 0 Å². The molecular weight excluding hydrogens is 520 g/mol. The monoisotopic (exact) mass is 552 g/mol. The second-order valence-electron chi connectivity index (χ2n) is 9.48. The Morgan fingerprint density at radius 3 is 2.38 bits per heavy atom. The number of aliphatic hydroxyl groups excluding tert-OH is 1. The van der Waals surface area contributed by atoms with E-state index in [2.05, 4.69) is 41.5 Å². The number of aromatic amines is 2. The van der Waals surface area contributed by atoms with Gasteiger partial charge < -0.3 is 41.7 Å². The van der Waals surface area contributed by atoms with Crippen molar-refractivity contribution in [2.75, 3.05) is 13.7 Å². The van der Waals surface area contributed by atoms with E-state index in [4.69, 9.17) is 0 Å². The largest absolute Gasteiger partial charge is 0.394 e. The number of nitrogens with zero attached hydrogens (tertiary/aromatic N) is 1. The quantitative estimate of drug-likeness (QED) is 0.128. The molecule has 0 unspecified atom stereocenters. The molecule has 0 bridgehead atoms. The summed E-state index contributed by atoms with van der Waals surface area (Å²) in [5.41, 5.74) is 2.14. The Labute approximate surface area is 229 Å². The van der Waals surface area contributed by atoms with Gasteiger partial charge in [0.1, 0.15) is 24.2 Å². The van der Waals surface area contributed by atoms with E-state index in [1.807, 2.05) is 24.3 Å². The lowest BCUT2D eigenvalue weighted by Gasteiger charge is -2.25. The number of rotatable bonds is 12. The first-order valence-corrected chi connectivity index (χ1v) is 12.8. The summed E-state index contributed by atoms with van der Waals surface area (Å²) in [6.07, 6.45) is 5.27. The highest BCUT2D eigenvalue weighted by Crippen LogP contribution is 2.19. The molecule has 40 heavy (non-hydrogen) atoms. The summed E-state index contributed by atoms with van der Waals surface area (Å²) in [5, 5.41) is 23.3. The van der Waals surface area contributed by atoms with Gasteiger partial charge in [0.25, 0.3) is 0 Å². The van der Waals surface area contributed by atoms with Crippen LogP contribution in [0.5, 0.6) is 0 Å². The Hall–Kier alpha value is -4.72. The summed E-state index contributed by atoms with van der Waals surface area (Å²) < 4.78 is 0. The standard InChI is InChI=1S/C26H32N8O6/c1-27-23(37)21(12-35)34-25(39)19(8-14-10-29-17-5-3-2-4-16(14)17)32-26(40)20(9-15-11-28-13-30-15)33-24(38)18-6-7-22(36)31-18/h2-5,10-11,13,18-21,29,35H,6-9,12H2,1H3,(H,27,37)(H,28,30)(H,31,36)(H,32,40)(H,33,38)(H,34,39)/t18-,19-,20-,21-/m0/s1. The van der Waals surface area contributed by atoms with E-state index in [1.165, 1.54) is 19.6 Å². The number of amides is 5. The van der Waals surface area contributed by atoms with Crippen molar-refractivity contribution in [1.29, 1.82) is 0 Å². The van der Waals surface area contributed by atoms with Crippen molar-refractivity contribution in [2.45, 2.75) is 49.9 Å². The van der Waals surface area contributed by atoms with Crippen LogP contribution in [0.15, 0.2) is 43.0 Å². The maximum atomic E-state index is 13.6. The number of benzene rings is 1. The van der Waals surface area contributed by atoms with Crippen LogP contribution in [0, 0.1) is 0 Å². The molecule has 3 aromatic rings. The van der Waals surface area contributed by atoms with Crippen LogP contribution in [0.4, 0.5) is 0 Å². The average molecular weight is 553 g/mol. The number of aliphatic hydroxyl groups is 1. The van der Waals surface area contributed by atoms with Gasteiger partial charge in [-0.1, -0.05) is 18.2 Å². The normalized spacial score (nSPS) is 16.9. The summed E-state index contributed by atoms with van der Waals surface area (Å²) in [5.74, 6) is -2.73. The first-order chi connectivity index (χ1) is 19.3.